The molecule has 1 aromatic carbocycles. The Balaban J connectivity index is 1.47. The number of benzene rings is 1. The second-order valence-electron chi connectivity index (χ2n) is 7.70. The molecule has 0 radical (unpaired) electrons. The number of aromatic nitrogens is 2. The number of hydrogen-bond donors (Lipinski definition) is 1. The van der Waals surface area contributed by atoms with E-state index in [0.29, 0.717) is 12.4 Å². The topological polar surface area (TPSA) is 64.7 Å². The summed E-state index contributed by atoms with van der Waals surface area (Å²) >= 11 is 0. The van der Waals surface area contributed by atoms with E-state index < -0.39 is 17.3 Å². The van der Waals surface area contributed by atoms with Crippen LogP contribution in [0.15, 0.2) is 29.2 Å². The molecule has 162 valence electrons. The van der Waals surface area contributed by atoms with Gasteiger partial charge in [-0.25, -0.2) is 5.10 Å². The second-order valence-corrected chi connectivity index (χ2v) is 7.70. The highest BCUT2D eigenvalue weighted by Gasteiger charge is 2.39. The Hall–Kier alpha value is -2.59. The summed E-state index contributed by atoms with van der Waals surface area (Å²) in [5, 5.41) is 5.46. The van der Waals surface area contributed by atoms with Crippen LogP contribution in [-0.2, 0) is 19.3 Å². The van der Waals surface area contributed by atoms with Crippen molar-refractivity contribution in [1.29, 1.82) is 0 Å². The number of ether oxygens (including phenoxy) is 1. The molecule has 0 amide bonds. The first-order valence-electron chi connectivity index (χ1n) is 9.87. The van der Waals surface area contributed by atoms with E-state index in [4.69, 9.17) is 4.74 Å². The van der Waals surface area contributed by atoms with E-state index in [1.54, 1.807) is 0 Å². The van der Waals surface area contributed by atoms with Crippen molar-refractivity contribution in [3.05, 3.63) is 51.4 Å². The third kappa shape index (κ3) is 4.29. The van der Waals surface area contributed by atoms with Gasteiger partial charge in [0.05, 0.1) is 11.9 Å². The summed E-state index contributed by atoms with van der Waals surface area (Å²) in [7, 11) is 2.10. The zero-order chi connectivity index (χ0) is 21.3. The molecule has 1 fully saturated rings. The molecule has 1 N–H and O–H groups in total. The Morgan fingerprint density at radius 3 is 2.67 bits per heavy atom. The van der Waals surface area contributed by atoms with E-state index in [0.717, 1.165) is 50.0 Å². The smallest absolute Gasteiger partial charge is 0.423 e. The summed E-state index contributed by atoms with van der Waals surface area (Å²) in [6.07, 6.45) is -3.70. The van der Waals surface area contributed by atoms with Crippen LogP contribution in [0.5, 0.6) is 5.75 Å². The largest absolute Gasteiger partial charge is 0.492 e. The standard InChI is InChI=1S/C20H24F3N5O2/c1-26-5-7-27(8-6-26)9-10-30-17-4-2-3-14-12-28(13-15(14)17)16-11-24-25-19(29)18(16)20(21,22)23/h2-4,11H,5-10,12-13H2,1H3,(H,25,29). The van der Waals surface area contributed by atoms with Crippen LogP contribution in [0.25, 0.3) is 0 Å². The van der Waals surface area contributed by atoms with E-state index in [2.05, 4.69) is 21.9 Å². The SMILES string of the molecule is CN1CCN(CCOc2cccc3c2CN(c2cn[nH]c(=O)c2C(F)(F)F)C3)CC1. The minimum atomic E-state index is -4.76. The van der Waals surface area contributed by atoms with Gasteiger partial charge in [-0.2, -0.15) is 18.3 Å². The molecule has 1 aromatic heterocycles. The van der Waals surface area contributed by atoms with Gasteiger partial charge in [-0.05, 0) is 18.7 Å². The van der Waals surface area contributed by atoms with Crippen molar-refractivity contribution in [2.75, 3.05) is 51.3 Å². The Morgan fingerprint density at radius 2 is 1.93 bits per heavy atom. The molecule has 4 rings (SSSR count). The first-order valence-corrected chi connectivity index (χ1v) is 9.87. The van der Waals surface area contributed by atoms with Gasteiger partial charge in [0.1, 0.15) is 17.9 Å². The molecule has 2 aliphatic heterocycles. The molecule has 30 heavy (non-hydrogen) atoms. The van der Waals surface area contributed by atoms with Gasteiger partial charge in [-0.15, -0.1) is 0 Å². The summed E-state index contributed by atoms with van der Waals surface area (Å²) in [4.78, 5) is 17.9. The van der Waals surface area contributed by atoms with E-state index in [1.807, 2.05) is 23.3 Å². The molecule has 1 saturated heterocycles. The Labute approximate surface area is 172 Å². The summed E-state index contributed by atoms with van der Waals surface area (Å²) < 4.78 is 46.3. The van der Waals surface area contributed by atoms with Gasteiger partial charge in [0.15, 0.2) is 0 Å². The maximum Gasteiger partial charge on any atom is 0.423 e. The lowest BCUT2D eigenvalue weighted by Gasteiger charge is -2.32. The lowest BCUT2D eigenvalue weighted by molar-refractivity contribution is -0.138. The van der Waals surface area contributed by atoms with Gasteiger partial charge in [0, 0.05) is 51.4 Å². The van der Waals surface area contributed by atoms with Crippen molar-refractivity contribution < 1.29 is 17.9 Å². The average Bonchev–Trinajstić information content (AvgIpc) is 3.13. The first kappa shape index (κ1) is 20.7. The summed E-state index contributed by atoms with van der Waals surface area (Å²) in [5.41, 5.74) is -0.932. The lowest BCUT2D eigenvalue weighted by atomic mass is 10.1. The predicted octanol–water partition coefficient (Wildman–Crippen LogP) is 1.94. The molecule has 10 heteroatoms. The maximum absolute atomic E-state index is 13.4. The fourth-order valence-electron chi connectivity index (χ4n) is 3.96. The molecule has 0 aliphatic carbocycles. The number of H-pyrrole nitrogens is 1. The second kappa shape index (κ2) is 8.27. The fraction of sp³-hybridized carbons (Fsp3) is 0.500. The Morgan fingerprint density at radius 1 is 1.17 bits per heavy atom. The van der Waals surface area contributed by atoms with Gasteiger partial charge in [-0.1, -0.05) is 12.1 Å². The summed E-state index contributed by atoms with van der Waals surface area (Å²) in [5.74, 6) is 0.676. The molecule has 2 aromatic rings. The van der Waals surface area contributed by atoms with Crippen molar-refractivity contribution in [1.82, 2.24) is 20.0 Å². The van der Waals surface area contributed by atoms with Crippen LogP contribution in [0.2, 0.25) is 0 Å². The van der Waals surface area contributed by atoms with Gasteiger partial charge in [-0.3, -0.25) is 9.69 Å². The Kier molecular flexibility index (Phi) is 5.70. The van der Waals surface area contributed by atoms with Gasteiger partial charge < -0.3 is 14.5 Å². The van der Waals surface area contributed by atoms with E-state index in [9.17, 15) is 18.0 Å². The third-order valence-electron chi connectivity index (χ3n) is 5.66. The zero-order valence-electron chi connectivity index (χ0n) is 16.7. The molecular weight excluding hydrogens is 399 g/mol. The highest BCUT2D eigenvalue weighted by molar-refractivity contribution is 5.58. The van der Waals surface area contributed by atoms with Crippen LogP contribution < -0.4 is 15.2 Å². The van der Waals surface area contributed by atoms with E-state index in [1.165, 1.54) is 4.90 Å². The lowest BCUT2D eigenvalue weighted by Crippen LogP contribution is -2.45. The summed E-state index contributed by atoms with van der Waals surface area (Å²) in [6.45, 7) is 5.86. The highest BCUT2D eigenvalue weighted by atomic mass is 19.4. The van der Waals surface area contributed by atoms with Gasteiger partial charge in [0.25, 0.3) is 5.56 Å². The monoisotopic (exact) mass is 423 g/mol. The van der Waals surface area contributed by atoms with Crippen molar-refractivity contribution in [3.8, 4) is 5.75 Å². The molecule has 2 aliphatic rings. The van der Waals surface area contributed by atoms with E-state index in [-0.39, 0.29) is 18.8 Å². The molecule has 0 atom stereocenters. The highest BCUT2D eigenvalue weighted by Crippen LogP contribution is 2.38. The number of nitrogens with one attached hydrogen (secondary N) is 1. The predicted molar refractivity (Wildman–Crippen MR) is 106 cm³/mol. The number of alkyl halides is 3. The number of fused-ring (bicyclic) bond motifs is 1. The van der Waals surface area contributed by atoms with Crippen molar-refractivity contribution >= 4 is 5.69 Å². The molecule has 0 saturated carbocycles. The fourth-order valence-corrected chi connectivity index (χ4v) is 3.96. The normalized spacial score (nSPS) is 17.9. The minimum Gasteiger partial charge on any atom is -0.492 e. The van der Waals surface area contributed by atoms with Crippen molar-refractivity contribution in [3.63, 3.8) is 0 Å². The van der Waals surface area contributed by atoms with Crippen molar-refractivity contribution in [2.45, 2.75) is 19.3 Å². The van der Waals surface area contributed by atoms with Crippen molar-refractivity contribution in [2.24, 2.45) is 0 Å². The first-order chi connectivity index (χ1) is 14.3. The van der Waals surface area contributed by atoms with Crippen LogP contribution >= 0.6 is 0 Å². The minimum absolute atomic E-state index is 0.217. The average molecular weight is 423 g/mol. The number of halogens is 3. The number of anilines is 1. The van der Waals surface area contributed by atoms with Gasteiger partial charge in [0.2, 0.25) is 0 Å². The van der Waals surface area contributed by atoms with Crippen LogP contribution in [0.3, 0.4) is 0 Å². The van der Waals surface area contributed by atoms with Crippen LogP contribution in [-0.4, -0.2) is 66.4 Å². The number of nitrogens with zero attached hydrogens (tertiary/aromatic N) is 4. The number of likely N-dealkylation sites (N-methyl/N-ethyl adjacent to an activating group) is 1. The Bertz CT molecular complexity index is 954. The molecule has 7 nitrogen and oxygen atoms in total. The molecular formula is C20H24F3N5O2. The molecule has 3 heterocycles. The number of hydrogen-bond acceptors (Lipinski definition) is 6. The van der Waals surface area contributed by atoms with Crippen LogP contribution in [0.4, 0.5) is 18.9 Å². The third-order valence-corrected chi connectivity index (χ3v) is 5.66. The van der Waals surface area contributed by atoms with E-state index >= 15 is 0 Å². The van der Waals surface area contributed by atoms with Crippen LogP contribution in [0, 0.1) is 0 Å². The maximum atomic E-state index is 13.4. The van der Waals surface area contributed by atoms with Crippen LogP contribution in [0.1, 0.15) is 16.7 Å². The zero-order valence-corrected chi connectivity index (χ0v) is 16.7. The number of rotatable bonds is 5. The summed E-state index contributed by atoms with van der Waals surface area (Å²) in [6, 6.07) is 5.55. The molecule has 0 unspecified atom stereocenters. The quantitative estimate of drug-likeness (QED) is 0.793. The molecule has 0 bridgehead atoms. The number of piperazine rings is 1. The van der Waals surface area contributed by atoms with Gasteiger partial charge >= 0.3 is 6.18 Å². The molecule has 0 spiro atoms. The number of aromatic amines is 1.